The van der Waals surface area contributed by atoms with Crippen LogP contribution in [0, 0.1) is 11.8 Å². The zero-order valence-electron chi connectivity index (χ0n) is 18.6. The molecule has 2 heterocycles. The van der Waals surface area contributed by atoms with Crippen LogP contribution in [0.2, 0.25) is 25.7 Å². The third-order valence-corrected chi connectivity index (χ3v) is 7.12. The van der Waals surface area contributed by atoms with Gasteiger partial charge in [-0.3, -0.25) is 4.57 Å². The SMILES string of the molecule is CN(CCF)c1ccc(C#Cc2cc3cc(Br)cnc3n2COCC[Si](C)(C)C)cc1. The summed E-state index contributed by atoms with van der Waals surface area (Å²) in [7, 11) is 0.741. The first kappa shape index (κ1) is 23.5. The molecule has 4 nitrogen and oxygen atoms in total. The van der Waals surface area contributed by atoms with Crippen molar-refractivity contribution >= 4 is 40.7 Å². The Bertz CT molecular complexity index is 1080. The zero-order valence-corrected chi connectivity index (χ0v) is 21.2. The predicted octanol–water partition coefficient (Wildman–Crippen LogP) is 5.92. The number of anilines is 1. The third-order valence-electron chi connectivity index (χ3n) is 4.98. The van der Waals surface area contributed by atoms with Crippen molar-refractivity contribution in [3.63, 3.8) is 0 Å². The maximum atomic E-state index is 12.6. The van der Waals surface area contributed by atoms with Gasteiger partial charge in [0.05, 0.1) is 5.69 Å². The Labute approximate surface area is 193 Å². The van der Waals surface area contributed by atoms with Gasteiger partial charge in [0.25, 0.3) is 0 Å². The van der Waals surface area contributed by atoms with E-state index in [4.69, 9.17) is 4.74 Å². The molecule has 0 saturated carbocycles. The monoisotopic (exact) mass is 501 g/mol. The van der Waals surface area contributed by atoms with Crippen molar-refractivity contribution in [2.45, 2.75) is 32.4 Å². The molecular formula is C24H29BrFN3OSi. The molecule has 0 aliphatic carbocycles. The maximum absolute atomic E-state index is 12.6. The number of ether oxygens (including phenoxy) is 1. The van der Waals surface area contributed by atoms with E-state index in [9.17, 15) is 4.39 Å². The summed E-state index contributed by atoms with van der Waals surface area (Å²) in [6.07, 6.45) is 1.80. The second-order valence-electron chi connectivity index (χ2n) is 8.78. The van der Waals surface area contributed by atoms with Gasteiger partial charge in [0, 0.05) is 55.6 Å². The topological polar surface area (TPSA) is 30.3 Å². The van der Waals surface area contributed by atoms with Crippen LogP contribution in [0.5, 0.6) is 0 Å². The normalized spacial score (nSPS) is 11.4. The highest BCUT2D eigenvalue weighted by Crippen LogP contribution is 2.22. The summed E-state index contributed by atoms with van der Waals surface area (Å²) >= 11 is 3.50. The molecular weight excluding hydrogens is 473 g/mol. The molecule has 0 spiro atoms. The van der Waals surface area contributed by atoms with E-state index in [0.717, 1.165) is 45.1 Å². The molecule has 0 bridgehead atoms. The van der Waals surface area contributed by atoms with Gasteiger partial charge in [-0.05, 0) is 64.3 Å². The molecule has 0 atom stereocenters. The molecule has 31 heavy (non-hydrogen) atoms. The van der Waals surface area contributed by atoms with Crippen molar-refractivity contribution in [2.75, 3.05) is 31.8 Å². The Morgan fingerprint density at radius 2 is 1.90 bits per heavy atom. The van der Waals surface area contributed by atoms with Crippen LogP contribution in [0.25, 0.3) is 11.0 Å². The maximum Gasteiger partial charge on any atom is 0.142 e. The van der Waals surface area contributed by atoms with E-state index < -0.39 is 8.07 Å². The van der Waals surface area contributed by atoms with Gasteiger partial charge in [-0.1, -0.05) is 25.6 Å². The number of pyridine rings is 1. The minimum atomic E-state index is -1.14. The van der Waals surface area contributed by atoms with Crippen molar-refractivity contribution < 1.29 is 9.13 Å². The molecule has 2 aromatic heterocycles. The summed E-state index contributed by atoms with van der Waals surface area (Å²) < 4.78 is 21.5. The number of benzene rings is 1. The van der Waals surface area contributed by atoms with E-state index in [-0.39, 0.29) is 6.67 Å². The fraction of sp³-hybridized carbons (Fsp3) is 0.375. The molecule has 0 amide bonds. The molecule has 0 radical (unpaired) electrons. The van der Waals surface area contributed by atoms with Crippen LogP contribution >= 0.6 is 15.9 Å². The molecule has 7 heteroatoms. The fourth-order valence-electron chi connectivity index (χ4n) is 3.08. The van der Waals surface area contributed by atoms with Gasteiger partial charge >= 0.3 is 0 Å². The first-order chi connectivity index (χ1) is 14.8. The van der Waals surface area contributed by atoms with Crippen LogP contribution in [-0.2, 0) is 11.5 Å². The minimum absolute atomic E-state index is 0.368. The van der Waals surface area contributed by atoms with Gasteiger partial charge in [0.1, 0.15) is 19.1 Å². The fourth-order valence-corrected chi connectivity index (χ4v) is 4.18. The summed E-state index contributed by atoms with van der Waals surface area (Å²) in [6.45, 7) is 8.22. The molecule has 0 N–H and O–H groups in total. The summed E-state index contributed by atoms with van der Waals surface area (Å²) in [6, 6.07) is 13.1. The molecule has 0 fully saturated rings. The molecule has 3 aromatic rings. The van der Waals surface area contributed by atoms with E-state index in [1.807, 2.05) is 52.9 Å². The van der Waals surface area contributed by atoms with E-state index in [1.165, 1.54) is 0 Å². The minimum Gasteiger partial charge on any atom is -0.372 e. The third kappa shape index (κ3) is 6.67. The summed E-state index contributed by atoms with van der Waals surface area (Å²) in [4.78, 5) is 6.46. The van der Waals surface area contributed by atoms with E-state index in [2.05, 4.69) is 52.4 Å². The number of rotatable bonds is 8. The molecule has 3 rings (SSSR count). The lowest BCUT2D eigenvalue weighted by Gasteiger charge is -2.17. The number of hydrogen-bond donors (Lipinski definition) is 0. The first-order valence-corrected chi connectivity index (χ1v) is 14.9. The highest BCUT2D eigenvalue weighted by molar-refractivity contribution is 9.10. The van der Waals surface area contributed by atoms with Crippen LogP contribution < -0.4 is 4.90 Å². The van der Waals surface area contributed by atoms with E-state index in [1.54, 1.807) is 6.20 Å². The lowest BCUT2D eigenvalue weighted by molar-refractivity contribution is 0.0894. The molecule has 0 aliphatic heterocycles. The smallest absolute Gasteiger partial charge is 0.142 e. The number of halogens is 2. The van der Waals surface area contributed by atoms with Gasteiger partial charge in [0.15, 0.2) is 0 Å². The largest absolute Gasteiger partial charge is 0.372 e. The van der Waals surface area contributed by atoms with Crippen LogP contribution in [0.4, 0.5) is 10.1 Å². The number of nitrogens with zero attached hydrogens (tertiary/aromatic N) is 3. The second kappa shape index (κ2) is 10.4. The van der Waals surface area contributed by atoms with Crippen LogP contribution in [0.3, 0.4) is 0 Å². The van der Waals surface area contributed by atoms with E-state index >= 15 is 0 Å². The Morgan fingerprint density at radius 1 is 1.16 bits per heavy atom. The van der Waals surface area contributed by atoms with Crippen molar-refractivity contribution in [2.24, 2.45) is 0 Å². The van der Waals surface area contributed by atoms with Crippen LogP contribution in [-0.4, -0.2) is 44.5 Å². The zero-order chi connectivity index (χ0) is 22.4. The van der Waals surface area contributed by atoms with Gasteiger partial charge in [-0.15, -0.1) is 0 Å². The van der Waals surface area contributed by atoms with Crippen molar-refractivity contribution in [1.29, 1.82) is 0 Å². The first-order valence-electron chi connectivity index (χ1n) is 10.4. The van der Waals surface area contributed by atoms with Crippen molar-refractivity contribution in [1.82, 2.24) is 9.55 Å². The number of aromatic nitrogens is 2. The molecule has 0 aliphatic rings. The Hall–Kier alpha value is -2.14. The van der Waals surface area contributed by atoms with Gasteiger partial charge < -0.3 is 9.64 Å². The molecule has 0 saturated heterocycles. The van der Waals surface area contributed by atoms with Crippen LogP contribution in [0.15, 0.2) is 47.1 Å². The summed E-state index contributed by atoms with van der Waals surface area (Å²) in [5, 5.41) is 1.02. The van der Waals surface area contributed by atoms with E-state index in [0.29, 0.717) is 13.3 Å². The van der Waals surface area contributed by atoms with Gasteiger partial charge in [0.2, 0.25) is 0 Å². The quantitative estimate of drug-likeness (QED) is 0.218. The Balaban J connectivity index is 1.83. The molecule has 164 valence electrons. The average Bonchev–Trinajstić information content (AvgIpc) is 3.06. The molecule has 0 unspecified atom stereocenters. The van der Waals surface area contributed by atoms with Gasteiger partial charge in [-0.2, -0.15) is 0 Å². The highest BCUT2D eigenvalue weighted by atomic mass is 79.9. The van der Waals surface area contributed by atoms with Crippen molar-refractivity contribution in [3.8, 4) is 11.8 Å². The predicted molar refractivity (Wildman–Crippen MR) is 133 cm³/mol. The number of alkyl halides is 1. The highest BCUT2D eigenvalue weighted by Gasteiger charge is 2.13. The average molecular weight is 503 g/mol. The Kier molecular flexibility index (Phi) is 7.93. The standard InChI is InChI=1S/C24H29BrFN3OSi/c1-28(12-11-26)22-8-5-19(6-9-22)7-10-23-16-20-15-21(25)17-27-24(20)29(23)18-30-13-14-31(2,3)4/h5-6,8-9,15-17H,11-14,18H2,1-4H3. The number of hydrogen-bond acceptors (Lipinski definition) is 3. The van der Waals surface area contributed by atoms with Crippen molar-refractivity contribution in [3.05, 3.63) is 58.3 Å². The summed E-state index contributed by atoms with van der Waals surface area (Å²) in [5.41, 5.74) is 3.61. The number of fused-ring (bicyclic) bond motifs is 1. The summed E-state index contributed by atoms with van der Waals surface area (Å²) in [5.74, 6) is 6.52. The lowest BCUT2D eigenvalue weighted by atomic mass is 10.2. The van der Waals surface area contributed by atoms with Crippen LogP contribution in [0.1, 0.15) is 11.3 Å². The Morgan fingerprint density at radius 3 is 2.58 bits per heavy atom. The lowest BCUT2D eigenvalue weighted by Crippen LogP contribution is -2.22. The molecule has 1 aromatic carbocycles. The van der Waals surface area contributed by atoms with Gasteiger partial charge in [-0.25, -0.2) is 9.37 Å². The second-order valence-corrected chi connectivity index (χ2v) is 15.3.